The first-order valence-electron chi connectivity index (χ1n) is 6.01. The Hall–Kier alpha value is -1.72. The molecule has 2 rings (SSSR count). The summed E-state index contributed by atoms with van der Waals surface area (Å²) in [6.07, 6.45) is 3.20. The van der Waals surface area contributed by atoms with Crippen LogP contribution in [0.4, 0.5) is 10.2 Å². The molecular formula is C12H16FN3O2. The van der Waals surface area contributed by atoms with Crippen LogP contribution >= 0.6 is 0 Å². The number of aliphatic carboxylic acids is 1. The molecule has 1 aliphatic heterocycles. The van der Waals surface area contributed by atoms with E-state index in [1.807, 2.05) is 4.90 Å². The van der Waals surface area contributed by atoms with Crippen molar-refractivity contribution in [3.05, 3.63) is 17.8 Å². The maximum absolute atomic E-state index is 13.9. The van der Waals surface area contributed by atoms with E-state index in [0.717, 1.165) is 12.8 Å². The van der Waals surface area contributed by atoms with Crippen molar-refractivity contribution in [2.75, 3.05) is 18.0 Å². The zero-order valence-electron chi connectivity index (χ0n) is 10.3. The molecule has 1 N–H and O–H groups in total. The predicted molar refractivity (Wildman–Crippen MR) is 63.9 cm³/mol. The third kappa shape index (κ3) is 2.75. The molecule has 98 valence electrons. The molecule has 1 fully saturated rings. The Morgan fingerprint density at radius 1 is 1.61 bits per heavy atom. The van der Waals surface area contributed by atoms with E-state index in [4.69, 9.17) is 5.11 Å². The van der Waals surface area contributed by atoms with E-state index in [2.05, 4.69) is 9.97 Å². The fourth-order valence-electron chi connectivity index (χ4n) is 2.34. The second-order valence-electron chi connectivity index (χ2n) is 4.65. The third-order valence-corrected chi connectivity index (χ3v) is 3.23. The van der Waals surface area contributed by atoms with E-state index in [1.54, 1.807) is 6.92 Å². The van der Waals surface area contributed by atoms with Crippen LogP contribution in [-0.2, 0) is 4.79 Å². The Morgan fingerprint density at radius 2 is 2.39 bits per heavy atom. The number of piperidine rings is 1. The number of aromatic nitrogens is 2. The van der Waals surface area contributed by atoms with E-state index in [1.165, 1.54) is 6.33 Å². The Morgan fingerprint density at radius 3 is 3.11 bits per heavy atom. The van der Waals surface area contributed by atoms with Crippen LogP contribution in [0.15, 0.2) is 6.33 Å². The van der Waals surface area contributed by atoms with Crippen molar-refractivity contribution < 1.29 is 14.3 Å². The summed E-state index contributed by atoms with van der Waals surface area (Å²) < 4.78 is 13.9. The summed E-state index contributed by atoms with van der Waals surface area (Å²) in [5.74, 6) is -0.863. The lowest BCUT2D eigenvalue weighted by Gasteiger charge is -2.33. The molecule has 0 amide bonds. The molecule has 5 nitrogen and oxygen atoms in total. The quantitative estimate of drug-likeness (QED) is 0.886. The maximum atomic E-state index is 13.9. The minimum Gasteiger partial charge on any atom is -0.481 e. The molecule has 1 saturated heterocycles. The zero-order valence-corrected chi connectivity index (χ0v) is 10.3. The topological polar surface area (TPSA) is 66.3 Å². The predicted octanol–water partition coefficient (Wildman–Crippen LogP) is 1.62. The van der Waals surface area contributed by atoms with Gasteiger partial charge in [0.15, 0.2) is 11.6 Å². The van der Waals surface area contributed by atoms with Crippen LogP contribution in [0.2, 0.25) is 0 Å². The van der Waals surface area contributed by atoms with E-state index >= 15 is 0 Å². The van der Waals surface area contributed by atoms with Gasteiger partial charge in [-0.25, -0.2) is 14.4 Å². The Kier molecular flexibility index (Phi) is 3.74. The largest absolute Gasteiger partial charge is 0.481 e. The number of hydrogen-bond donors (Lipinski definition) is 1. The molecule has 6 heteroatoms. The van der Waals surface area contributed by atoms with Gasteiger partial charge in [0.25, 0.3) is 0 Å². The number of hydrogen-bond acceptors (Lipinski definition) is 4. The van der Waals surface area contributed by atoms with Crippen LogP contribution in [0, 0.1) is 18.7 Å². The summed E-state index contributed by atoms with van der Waals surface area (Å²) in [6, 6.07) is 0. The maximum Gasteiger partial charge on any atom is 0.303 e. The highest BCUT2D eigenvalue weighted by molar-refractivity contribution is 5.67. The number of aryl methyl sites for hydroxylation is 1. The van der Waals surface area contributed by atoms with Gasteiger partial charge in [-0.3, -0.25) is 4.79 Å². The lowest BCUT2D eigenvalue weighted by atomic mass is 9.95. The number of nitrogens with zero attached hydrogens (tertiary/aromatic N) is 3. The third-order valence-electron chi connectivity index (χ3n) is 3.23. The lowest BCUT2D eigenvalue weighted by molar-refractivity contribution is -0.138. The summed E-state index contributed by atoms with van der Waals surface area (Å²) in [5, 5.41) is 8.80. The van der Waals surface area contributed by atoms with Crippen LogP contribution in [-0.4, -0.2) is 34.1 Å². The van der Waals surface area contributed by atoms with Gasteiger partial charge in [-0.05, 0) is 25.7 Å². The Bertz CT molecular complexity index is 453. The average Bonchev–Trinajstić information content (AvgIpc) is 2.32. The highest BCUT2D eigenvalue weighted by atomic mass is 19.1. The molecule has 1 aliphatic rings. The molecule has 2 heterocycles. The summed E-state index contributed by atoms with van der Waals surface area (Å²) in [5.41, 5.74) is 0.320. The molecule has 0 spiro atoms. The molecule has 0 radical (unpaired) electrons. The van der Waals surface area contributed by atoms with Gasteiger partial charge in [-0.15, -0.1) is 0 Å². The van der Waals surface area contributed by atoms with Gasteiger partial charge in [0, 0.05) is 19.5 Å². The normalized spacial score (nSPS) is 19.9. The van der Waals surface area contributed by atoms with E-state index < -0.39 is 11.8 Å². The van der Waals surface area contributed by atoms with Crippen molar-refractivity contribution in [2.24, 2.45) is 5.92 Å². The van der Waals surface area contributed by atoms with E-state index in [9.17, 15) is 9.18 Å². The van der Waals surface area contributed by atoms with Crippen LogP contribution < -0.4 is 4.90 Å². The highest BCUT2D eigenvalue weighted by Gasteiger charge is 2.25. The molecule has 1 aromatic heterocycles. The van der Waals surface area contributed by atoms with Crippen molar-refractivity contribution in [1.82, 2.24) is 9.97 Å². The lowest BCUT2D eigenvalue weighted by Crippen LogP contribution is -2.37. The van der Waals surface area contributed by atoms with Gasteiger partial charge in [-0.2, -0.15) is 0 Å². The number of carbonyl (C=O) groups is 1. The second-order valence-corrected chi connectivity index (χ2v) is 4.65. The van der Waals surface area contributed by atoms with Crippen molar-refractivity contribution in [1.29, 1.82) is 0 Å². The van der Waals surface area contributed by atoms with Crippen LogP contribution in [0.1, 0.15) is 25.0 Å². The van der Waals surface area contributed by atoms with Gasteiger partial charge < -0.3 is 10.0 Å². The number of anilines is 1. The van der Waals surface area contributed by atoms with Crippen LogP contribution in [0.3, 0.4) is 0 Å². The zero-order chi connectivity index (χ0) is 13.1. The van der Waals surface area contributed by atoms with E-state index in [0.29, 0.717) is 18.8 Å². The van der Waals surface area contributed by atoms with Gasteiger partial charge in [0.05, 0.1) is 5.69 Å². The molecule has 0 bridgehead atoms. The van der Waals surface area contributed by atoms with Gasteiger partial charge in [0.2, 0.25) is 0 Å². The first-order valence-corrected chi connectivity index (χ1v) is 6.01. The molecule has 1 unspecified atom stereocenters. The number of halogens is 1. The summed E-state index contributed by atoms with van der Waals surface area (Å²) in [6.45, 7) is 2.85. The number of carboxylic acids is 1. The SMILES string of the molecule is Cc1ncnc(N2CCCC(CC(=O)O)C2)c1F. The van der Waals surface area contributed by atoms with Gasteiger partial charge in [-0.1, -0.05) is 0 Å². The summed E-state index contributed by atoms with van der Waals surface area (Å²) in [4.78, 5) is 20.3. The first kappa shape index (κ1) is 12.7. The fourth-order valence-corrected chi connectivity index (χ4v) is 2.34. The number of rotatable bonds is 3. The molecule has 18 heavy (non-hydrogen) atoms. The Balaban J connectivity index is 2.13. The highest BCUT2D eigenvalue weighted by Crippen LogP contribution is 2.25. The fraction of sp³-hybridized carbons (Fsp3) is 0.583. The first-order chi connectivity index (χ1) is 8.58. The minimum atomic E-state index is -0.804. The molecule has 0 saturated carbocycles. The van der Waals surface area contributed by atoms with E-state index in [-0.39, 0.29) is 18.2 Å². The summed E-state index contributed by atoms with van der Waals surface area (Å²) in [7, 11) is 0. The minimum absolute atomic E-state index is 0.0610. The average molecular weight is 253 g/mol. The number of carboxylic acid groups (broad SMARTS) is 1. The molecule has 0 aromatic carbocycles. The smallest absolute Gasteiger partial charge is 0.303 e. The van der Waals surface area contributed by atoms with Crippen molar-refractivity contribution in [3.63, 3.8) is 0 Å². The van der Waals surface area contributed by atoms with Crippen molar-refractivity contribution >= 4 is 11.8 Å². The molecule has 0 aliphatic carbocycles. The molecule has 1 atom stereocenters. The molecular weight excluding hydrogens is 237 g/mol. The van der Waals surface area contributed by atoms with Crippen LogP contribution in [0.5, 0.6) is 0 Å². The standard InChI is InChI=1S/C12H16FN3O2/c1-8-11(13)12(15-7-14-8)16-4-2-3-9(6-16)5-10(17)18/h7,9H,2-6H2,1H3,(H,17,18). The Labute approximate surface area is 105 Å². The van der Waals surface area contributed by atoms with Gasteiger partial charge >= 0.3 is 5.97 Å². The summed E-state index contributed by atoms with van der Waals surface area (Å²) >= 11 is 0. The molecule has 1 aromatic rings. The van der Waals surface area contributed by atoms with Crippen LogP contribution in [0.25, 0.3) is 0 Å². The monoisotopic (exact) mass is 253 g/mol. The van der Waals surface area contributed by atoms with Gasteiger partial charge in [0.1, 0.15) is 6.33 Å². The second kappa shape index (κ2) is 5.29. The van der Waals surface area contributed by atoms with Crippen molar-refractivity contribution in [2.45, 2.75) is 26.2 Å². The van der Waals surface area contributed by atoms with Crippen molar-refractivity contribution in [3.8, 4) is 0 Å².